The molecular weight excluding hydrogens is 720 g/mol. The van der Waals surface area contributed by atoms with Gasteiger partial charge in [0.15, 0.2) is 17.7 Å². The summed E-state index contributed by atoms with van der Waals surface area (Å²) in [6, 6.07) is 7.83. The molecule has 1 aliphatic heterocycles. The molecule has 0 bridgehead atoms. The number of methoxy groups -OCH3 is 1. The van der Waals surface area contributed by atoms with Crippen LogP contribution in [0.15, 0.2) is 46.7 Å². The zero-order valence-corrected chi connectivity index (χ0v) is 25.5. The average molecular weight is 749 g/mol. The highest BCUT2D eigenvalue weighted by Gasteiger charge is 2.32. The number of esters is 1. The SMILES string of the molecule is CCOc1cc([C@@H]2NC(=O)NC(C)=C2C(=O)OC)ccc1OC[C@@H](O)N/N=C\c1cc(I)c(NC)c(I)c1. The number of benzene rings is 2. The summed E-state index contributed by atoms with van der Waals surface area (Å²) >= 11 is 4.50. The van der Waals surface area contributed by atoms with Crippen LogP contribution in [0.5, 0.6) is 11.5 Å². The lowest BCUT2D eigenvalue weighted by Gasteiger charge is -2.28. The van der Waals surface area contributed by atoms with E-state index in [1.165, 1.54) is 7.11 Å². The monoisotopic (exact) mass is 749 g/mol. The van der Waals surface area contributed by atoms with Gasteiger partial charge in [-0.15, -0.1) is 0 Å². The fourth-order valence-corrected chi connectivity index (χ4v) is 6.08. The predicted molar refractivity (Wildman–Crippen MR) is 160 cm³/mol. The Morgan fingerprint density at radius 1 is 1.21 bits per heavy atom. The Balaban J connectivity index is 1.70. The van der Waals surface area contributed by atoms with Crippen molar-refractivity contribution in [2.45, 2.75) is 26.1 Å². The van der Waals surface area contributed by atoms with Crippen LogP contribution in [0.25, 0.3) is 0 Å². The lowest BCUT2D eigenvalue weighted by atomic mass is 9.95. The van der Waals surface area contributed by atoms with Gasteiger partial charge >= 0.3 is 12.0 Å². The van der Waals surface area contributed by atoms with Crippen LogP contribution >= 0.6 is 45.2 Å². The van der Waals surface area contributed by atoms with Crippen molar-refractivity contribution in [3.8, 4) is 11.5 Å². The molecule has 2 amide bonds. The molecule has 204 valence electrons. The molecule has 1 aliphatic rings. The van der Waals surface area contributed by atoms with Crippen molar-refractivity contribution in [2.75, 3.05) is 32.7 Å². The van der Waals surface area contributed by atoms with Gasteiger partial charge in [0.1, 0.15) is 6.61 Å². The Bertz CT molecular complexity index is 1230. The first-order chi connectivity index (χ1) is 18.2. The number of urea groups is 1. The van der Waals surface area contributed by atoms with E-state index < -0.39 is 24.3 Å². The number of anilines is 1. The van der Waals surface area contributed by atoms with Gasteiger partial charge in [0.2, 0.25) is 0 Å². The van der Waals surface area contributed by atoms with Crippen LogP contribution in [0, 0.1) is 7.14 Å². The lowest BCUT2D eigenvalue weighted by Crippen LogP contribution is -2.45. The van der Waals surface area contributed by atoms with Gasteiger partial charge in [-0.2, -0.15) is 5.10 Å². The molecule has 0 aromatic heterocycles. The van der Waals surface area contributed by atoms with E-state index in [-0.39, 0.29) is 12.2 Å². The Morgan fingerprint density at radius 3 is 2.55 bits per heavy atom. The van der Waals surface area contributed by atoms with E-state index >= 15 is 0 Å². The zero-order valence-electron chi connectivity index (χ0n) is 21.2. The first-order valence-electron chi connectivity index (χ1n) is 11.6. The number of amides is 2. The van der Waals surface area contributed by atoms with E-state index in [1.54, 1.807) is 31.3 Å². The van der Waals surface area contributed by atoms with Crippen molar-refractivity contribution < 1.29 is 28.9 Å². The average Bonchev–Trinajstić information content (AvgIpc) is 2.87. The molecule has 5 N–H and O–H groups in total. The number of hydrazone groups is 1. The van der Waals surface area contributed by atoms with E-state index in [0.29, 0.717) is 29.4 Å². The zero-order chi connectivity index (χ0) is 27.8. The number of aliphatic hydroxyl groups is 1. The van der Waals surface area contributed by atoms with Crippen LogP contribution in [0.3, 0.4) is 0 Å². The summed E-state index contributed by atoms with van der Waals surface area (Å²) in [5.74, 6) is 0.215. The maximum absolute atomic E-state index is 12.4. The molecule has 2 atom stereocenters. The Kier molecular flexibility index (Phi) is 10.8. The quantitative estimate of drug-likeness (QED) is 0.0774. The molecule has 0 saturated carbocycles. The summed E-state index contributed by atoms with van der Waals surface area (Å²) < 4.78 is 18.5. The van der Waals surface area contributed by atoms with Gasteiger partial charge in [0, 0.05) is 19.9 Å². The maximum Gasteiger partial charge on any atom is 0.337 e. The summed E-state index contributed by atoms with van der Waals surface area (Å²) in [6.07, 6.45) is 0.533. The van der Waals surface area contributed by atoms with Crippen LogP contribution in [0.4, 0.5) is 10.5 Å². The predicted octanol–water partition coefficient (Wildman–Crippen LogP) is 3.46. The van der Waals surface area contributed by atoms with Gasteiger partial charge in [0.05, 0.1) is 37.2 Å². The molecule has 2 aromatic rings. The first-order valence-corrected chi connectivity index (χ1v) is 13.7. The van der Waals surface area contributed by atoms with Crippen molar-refractivity contribution in [2.24, 2.45) is 5.10 Å². The largest absolute Gasteiger partial charge is 0.490 e. The Hall–Kier alpha value is -2.79. The highest BCUT2D eigenvalue weighted by Crippen LogP contribution is 2.35. The molecule has 2 aromatic carbocycles. The molecule has 0 radical (unpaired) electrons. The number of rotatable bonds is 11. The molecule has 0 fully saturated rings. The summed E-state index contributed by atoms with van der Waals surface area (Å²) in [4.78, 5) is 24.5. The number of halogens is 2. The molecule has 13 heteroatoms. The summed E-state index contributed by atoms with van der Waals surface area (Å²) in [7, 11) is 3.15. The molecule has 0 aliphatic carbocycles. The normalized spacial score (nSPS) is 16.0. The second-order valence-corrected chi connectivity index (χ2v) is 10.3. The highest BCUT2D eigenvalue weighted by molar-refractivity contribution is 14.1. The summed E-state index contributed by atoms with van der Waals surface area (Å²) in [5.41, 5.74) is 5.87. The highest BCUT2D eigenvalue weighted by atomic mass is 127. The third-order valence-electron chi connectivity index (χ3n) is 5.42. The Labute approximate surface area is 248 Å². The second-order valence-electron chi connectivity index (χ2n) is 8.02. The number of carbonyl (C=O) groups excluding carboxylic acids is 2. The molecule has 1 heterocycles. The molecule has 3 rings (SSSR count). The summed E-state index contributed by atoms with van der Waals surface area (Å²) in [5, 5.41) is 22.9. The Morgan fingerprint density at radius 2 is 1.92 bits per heavy atom. The van der Waals surface area contributed by atoms with E-state index in [9.17, 15) is 14.7 Å². The number of ether oxygens (including phenoxy) is 3. The third-order valence-corrected chi connectivity index (χ3v) is 7.13. The minimum atomic E-state index is -1.09. The van der Waals surface area contributed by atoms with Crippen molar-refractivity contribution >= 4 is 69.1 Å². The van der Waals surface area contributed by atoms with Gasteiger partial charge in [-0.1, -0.05) is 6.07 Å². The number of nitrogens with one attached hydrogen (secondary N) is 4. The van der Waals surface area contributed by atoms with Crippen LogP contribution in [-0.2, 0) is 9.53 Å². The van der Waals surface area contributed by atoms with Crippen molar-refractivity contribution in [1.29, 1.82) is 0 Å². The molecule has 0 saturated heterocycles. The van der Waals surface area contributed by atoms with Crippen molar-refractivity contribution in [1.82, 2.24) is 16.1 Å². The smallest absolute Gasteiger partial charge is 0.337 e. The number of allylic oxidation sites excluding steroid dienone is 1. The van der Waals surface area contributed by atoms with Gasteiger partial charge < -0.3 is 35.3 Å². The van der Waals surface area contributed by atoms with Crippen LogP contribution in [-0.4, -0.2) is 56.9 Å². The van der Waals surface area contributed by atoms with Gasteiger partial charge in [0.25, 0.3) is 0 Å². The fourth-order valence-electron chi connectivity index (χ4n) is 3.73. The molecular formula is C25H29I2N5O6. The fraction of sp³-hybridized carbons (Fsp3) is 0.320. The molecule has 0 spiro atoms. The number of hydrogen-bond donors (Lipinski definition) is 5. The second kappa shape index (κ2) is 13.8. The van der Waals surface area contributed by atoms with E-state index in [4.69, 9.17) is 14.2 Å². The van der Waals surface area contributed by atoms with E-state index in [2.05, 4.69) is 71.7 Å². The van der Waals surface area contributed by atoms with Crippen LogP contribution < -0.4 is 30.8 Å². The van der Waals surface area contributed by atoms with E-state index in [0.717, 1.165) is 18.4 Å². The van der Waals surface area contributed by atoms with Gasteiger partial charge in [-0.3, -0.25) is 5.43 Å². The van der Waals surface area contributed by atoms with Gasteiger partial charge in [-0.25, -0.2) is 9.59 Å². The minimum absolute atomic E-state index is 0.110. The van der Waals surface area contributed by atoms with Crippen LogP contribution in [0.2, 0.25) is 0 Å². The molecule has 38 heavy (non-hydrogen) atoms. The van der Waals surface area contributed by atoms with Crippen molar-refractivity contribution in [3.63, 3.8) is 0 Å². The van der Waals surface area contributed by atoms with Gasteiger partial charge in [-0.05, 0) is 94.4 Å². The van der Waals surface area contributed by atoms with Crippen LogP contribution in [0.1, 0.15) is 31.0 Å². The molecule has 11 nitrogen and oxygen atoms in total. The van der Waals surface area contributed by atoms with Crippen molar-refractivity contribution in [3.05, 3.63) is 59.9 Å². The minimum Gasteiger partial charge on any atom is -0.490 e. The number of nitrogens with zero attached hydrogens (tertiary/aromatic N) is 1. The molecule has 0 unspecified atom stereocenters. The standard InChI is InChI=1S/C25H29I2N5O6/c1-5-37-19-10-15(22-21(24(34)36-4)13(2)30-25(35)31-22)6-7-18(19)38-12-20(33)32-29-11-14-8-16(26)23(28-3)17(27)9-14/h6-11,20,22,28,32-33H,5,12H2,1-4H3,(H2,30,31,35)/b29-11-/t20-,22+/m1/s1. The number of aliphatic hydroxyl groups excluding tert-OH is 1. The number of carbonyl (C=O) groups is 2. The third kappa shape index (κ3) is 7.41. The summed E-state index contributed by atoms with van der Waals surface area (Å²) in [6.45, 7) is 3.70. The first kappa shape index (κ1) is 29.8. The van der Waals surface area contributed by atoms with E-state index in [1.807, 2.05) is 26.1 Å². The topological polar surface area (TPSA) is 143 Å². The maximum atomic E-state index is 12.4. The number of hydrogen-bond acceptors (Lipinski definition) is 9. The lowest BCUT2D eigenvalue weighted by molar-refractivity contribution is -0.136.